The lowest BCUT2D eigenvalue weighted by Gasteiger charge is -2.08. The van der Waals surface area contributed by atoms with Gasteiger partial charge in [0.15, 0.2) is 0 Å². The normalized spacial score (nSPS) is 10.8. The highest BCUT2D eigenvalue weighted by molar-refractivity contribution is 7.21. The van der Waals surface area contributed by atoms with Gasteiger partial charge in [0.25, 0.3) is 11.8 Å². The summed E-state index contributed by atoms with van der Waals surface area (Å²) >= 11 is 2.51. The molecule has 0 fully saturated rings. The number of hydrogen-bond acceptors (Lipinski definition) is 6. The van der Waals surface area contributed by atoms with E-state index in [1.165, 1.54) is 11.3 Å². The number of amides is 2. The summed E-state index contributed by atoms with van der Waals surface area (Å²) in [6.45, 7) is 5.67. The van der Waals surface area contributed by atoms with Gasteiger partial charge in [-0.15, -0.1) is 22.7 Å². The minimum atomic E-state index is -0.569. The molecule has 0 unspecified atom stereocenters. The Kier molecular flexibility index (Phi) is 7.63. The van der Waals surface area contributed by atoms with Crippen molar-refractivity contribution in [3.8, 4) is 0 Å². The fourth-order valence-corrected chi connectivity index (χ4v) is 6.15. The van der Waals surface area contributed by atoms with Crippen LogP contribution in [0.4, 0.5) is 10.7 Å². The molecule has 2 aromatic carbocycles. The summed E-state index contributed by atoms with van der Waals surface area (Å²) in [4.78, 5) is 40.2. The van der Waals surface area contributed by atoms with Crippen LogP contribution in [-0.4, -0.2) is 24.4 Å². The van der Waals surface area contributed by atoms with Crippen LogP contribution in [0.1, 0.15) is 61.1 Å². The number of benzene rings is 2. The molecule has 2 N–H and O–H groups in total. The number of ether oxygens (including phenoxy) is 1. The van der Waals surface area contributed by atoms with E-state index < -0.39 is 5.97 Å². The number of rotatable bonds is 8. The molecule has 0 saturated carbocycles. The highest BCUT2D eigenvalue weighted by Gasteiger charge is 2.28. The predicted molar refractivity (Wildman–Crippen MR) is 143 cm³/mol. The number of thiophene rings is 2. The second-order valence-electron chi connectivity index (χ2n) is 7.91. The number of anilines is 2. The fraction of sp³-hybridized carbons (Fsp3) is 0.222. The van der Waals surface area contributed by atoms with E-state index in [1.54, 1.807) is 26.0 Å². The van der Waals surface area contributed by atoms with Crippen LogP contribution in [0.5, 0.6) is 0 Å². The number of aryl methyl sites for hydroxylation is 1. The lowest BCUT2D eigenvalue weighted by atomic mass is 10.1. The van der Waals surface area contributed by atoms with Gasteiger partial charge in [-0.1, -0.05) is 49.7 Å². The molecular weight excluding hydrogens is 480 g/mol. The average molecular weight is 507 g/mol. The van der Waals surface area contributed by atoms with Crippen molar-refractivity contribution in [3.63, 3.8) is 0 Å². The number of fused-ring (bicyclic) bond motifs is 1. The predicted octanol–water partition coefficient (Wildman–Crippen LogP) is 6.91. The van der Waals surface area contributed by atoms with Gasteiger partial charge in [0.2, 0.25) is 0 Å². The third-order valence-corrected chi connectivity index (χ3v) is 7.91. The number of nitrogens with one attached hydrogen (secondary N) is 2. The van der Waals surface area contributed by atoms with Crippen molar-refractivity contribution in [1.82, 2.24) is 0 Å². The molecule has 180 valence electrons. The van der Waals surface area contributed by atoms with Crippen LogP contribution < -0.4 is 10.6 Å². The van der Waals surface area contributed by atoms with Crippen LogP contribution in [0.2, 0.25) is 0 Å². The van der Waals surface area contributed by atoms with Crippen LogP contribution >= 0.6 is 22.7 Å². The van der Waals surface area contributed by atoms with E-state index in [4.69, 9.17) is 4.74 Å². The van der Waals surface area contributed by atoms with Crippen LogP contribution in [0.25, 0.3) is 10.1 Å². The van der Waals surface area contributed by atoms with Gasteiger partial charge in [0.05, 0.1) is 21.9 Å². The van der Waals surface area contributed by atoms with Crippen LogP contribution in [0.3, 0.4) is 0 Å². The van der Waals surface area contributed by atoms with Gasteiger partial charge in [-0.05, 0) is 55.0 Å². The number of carbonyl (C=O) groups is 3. The van der Waals surface area contributed by atoms with Crippen molar-refractivity contribution < 1.29 is 19.1 Å². The maximum absolute atomic E-state index is 13.4. The number of hydrogen-bond donors (Lipinski definition) is 2. The molecule has 0 atom stereocenters. The molecule has 0 aliphatic carbocycles. The molecule has 8 heteroatoms. The van der Waals surface area contributed by atoms with Gasteiger partial charge in [-0.2, -0.15) is 0 Å². The van der Waals surface area contributed by atoms with E-state index in [9.17, 15) is 14.4 Å². The van der Waals surface area contributed by atoms with E-state index in [-0.39, 0.29) is 24.0 Å². The third kappa shape index (κ3) is 5.13. The Hall–Kier alpha value is -3.49. The van der Waals surface area contributed by atoms with E-state index in [2.05, 4.69) is 17.6 Å². The van der Waals surface area contributed by atoms with Gasteiger partial charge >= 0.3 is 5.97 Å². The molecule has 0 aliphatic rings. The molecule has 4 rings (SSSR count). The van der Waals surface area contributed by atoms with Gasteiger partial charge in [-0.25, -0.2) is 4.79 Å². The topological polar surface area (TPSA) is 84.5 Å². The zero-order valence-corrected chi connectivity index (χ0v) is 21.4. The molecule has 0 saturated heterocycles. The largest absolute Gasteiger partial charge is 0.462 e. The highest BCUT2D eigenvalue weighted by atomic mass is 32.1. The second-order valence-corrected chi connectivity index (χ2v) is 9.98. The summed E-state index contributed by atoms with van der Waals surface area (Å²) in [5.74, 6) is -1.21. The Morgan fingerprint density at radius 1 is 0.857 bits per heavy atom. The Labute approximate surface area is 211 Å². The van der Waals surface area contributed by atoms with E-state index in [1.807, 2.05) is 42.5 Å². The highest BCUT2D eigenvalue weighted by Crippen LogP contribution is 2.37. The average Bonchev–Trinajstić information content (AvgIpc) is 3.38. The van der Waals surface area contributed by atoms with Crippen molar-refractivity contribution in [2.24, 2.45) is 0 Å². The zero-order valence-electron chi connectivity index (χ0n) is 19.8. The molecular formula is C27H26N2O4S2. The fourth-order valence-electron chi connectivity index (χ4n) is 3.92. The lowest BCUT2D eigenvalue weighted by molar-refractivity contribution is 0.0527. The molecule has 2 aromatic heterocycles. The Bertz CT molecular complexity index is 1390. The van der Waals surface area contributed by atoms with Gasteiger partial charge in [-0.3, -0.25) is 9.59 Å². The van der Waals surface area contributed by atoms with Gasteiger partial charge < -0.3 is 15.4 Å². The van der Waals surface area contributed by atoms with Crippen LogP contribution in [0, 0.1) is 6.92 Å². The maximum Gasteiger partial charge on any atom is 0.341 e. The quantitative estimate of drug-likeness (QED) is 0.254. The molecule has 0 aliphatic heterocycles. The molecule has 2 heterocycles. The minimum Gasteiger partial charge on any atom is -0.462 e. The smallest absolute Gasteiger partial charge is 0.341 e. The van der Waals surface area contributed by atoms with Crippen molar-refractivity contribution >= 4 is 61.2 Å². The monoisotopic (exact) mass is 506 g/mol. The molecule has 0 bridgehead atoms. The summed E-state index contributed by atoms with van der Waals surface area (Å²) in [5.41, 5.74) is 2.32. The molecule has 2 amide bonds. The first-order valence-corrected chi connectivity index (χ1v) is 13.1. The first-order valence-electron chi connectivity index (χ1n) is 11.4. The van der Waals surface area contributed by atoms with E-state index in [0.29, 0.717) is 26.0 Å². The van der Waals surface area contributed by atoms with Crippen LogP contribution in [0.15, 0.2) is 54.6 Å². The first kappa shape index (κ1) is 24.6. The van der Waals surface area contributed by atoms with E-state index in [0.717, 1.165) is 39.8 Å². The van der Waals surface area contributed by atoms with Crippen molar-refractivity contribution in [1.29, 1.82) is 0 Å². The molecule has 6 nitrogen and oxygen atoms in total. The Morgan fingerprint density at radius 3 is 2.26 bits per heavy atom. The summed E-state index contributed by atoms with van der Waals surface area (Å²) in [7, 11) is 0. The zero-order chi connectivity index (χ0) is 24.9. The van der Waals surface area contributed by atoms with Crippen LogP contribution in [-0.2, 0) is 11.2 Å². The number of carbonyl (C=O) groups excluding carboxylic acids is 3. The van der Waals surface area contributed by atoms with Gasteiger partial charge in [0.1, 0.15) is 5.00 Å². The summed E-state index contributed by atoms with van der Waals surface area (Å²) < 4.78 is 6.28. The third-order valence-electron chi connectivity index (χ3n) is 5.50. The molecule has 35 heavy (non-hydrogen) atoms. The first-order chi connectivity index (χ1) is 16.9. The summed E-state index contributed by atoms with van der Waals surface area (Å²) in [6, 6.07) is 17.0. The number of para-hydroxylation sites is 1. The van der Waals surface area contributed by atoms with Crippen molar-refractivity contribution in [2.75, 3.05) is 17.2 Å². The Morgan fingerprint density at radius 2 is 1.54 bits per heavy atom. The van der Waals surface area contributed by atoms with Gasteiger partial charge in [0, 0.05) is 10.4 Å². The minimum absolute atomic E-state index is 0.185. The SMILES string of the molecule is CCCc1c(C(=O)Nc2sc(C(=O)Nc3ccccc3)c(C)c2C(=O)OCC)sc2ccccc12. The molecule has 4 aromatic rings. The molecule has 0 radical (unpaired) electrons. The second kappa shape index (κ2) is 10.8. The lowest BCUT2D eigenvalue weighted by Crippen LogP contribution is -2.15. The Balaban J connectivity index is 1.71. The van der Waals surface area contributed by atoms with Crippen molar-refractivity contribution in [3.05, 3.63) is 81.0 Å². The van der Waals surface area contributed by atoms with E-state index >= 15 is 0 Å². The van der Waals surface area contributed by atoms with Crippen molar-refractivity contribution in [2.45, 2.75) is 33.6 Å². The maximum atomic E-state index is 13.4. The summed E-state index contributed by atoms with van der Waals surface area (Å²) in [6.07, 6.45) is 1.67. The number of esters is 1. The molecule has 0 spiro atoms. The standard InChI is InChI=1S/C27H26N2O4S2/c1-4-11-19-18-14-9-10-15-20(18)34-23(19)25(31)29-26-21(27(32)33-5-2)16(3)22(35-26)24(30)28-17-12-7-6-8-13-17/h6-10,12-15H,4-5,11H2,1-3H3,(H,28,30)(H,29,31). The summed E-state index contributed by atoms with van der Waals surface area (Å²) in [5, 5.41) is 7.14.